The number of thiazole rings is 1. The minimum atomic E-state index is -4.00. The van der Waals surface area contributed by atoms with Gasteiger partial charge in [-0.15, -0.1) is 0 Å². The molecule has 0 saturated heterocycles. The summed E-state index contributed by atoms with van der Waals surface area (Å²) in [6.45, 7) is 1.45. The van der Waals surface area contributed by atoms with Crippen LogP contribution in [0.3, 0.4) is 0 Å². The third-order valence-electron chi connectivity index (χ3n) is 2.20. The highest BCUT2D eigenvalue weighted by molar-refractivity contribution is 7.94. The molecule has 5 nitrogen and oxygen atoms in total. The summed E-state index contributed by atoms with van der Waals surface area (Å²) in [6, 6.07) is 3.56. The Morgan fingerprint density at radius 3 is 2.63 bits per heavy atom. The van der Waals surface area contributed by atoms with Gasteiger partial charge in [0.15, 0.2) is 4.21 Å². The summed E-state index contributed by atoms with van der Waals surface area (Å²) in [5.74, 6) is -0.795. The zero-order valence-corrected chi connectivity index (χ0v) is 11.9. The van der Waals surface area contributed by atoms with Crippen molar-refractivity contribution in [2.45, 2.75) is 11.1 Å². The highest BCUT2D eigenvalue weighted by Crippen LogP contribution is 2.24. The second-order valence-corrected chi connectivity index (χ2v) is 6.95. The molecule has 0 amide bonds. The van der Waals surface area contributed by atoms with Gasteiger partial charge in [0.05, 0.1) is 5.69 Å². The minimum absolute atomic E-state index is 0.155. The molecule has 0 saturated carbocycles. The van der Waals surface area contributed by atoms with Crippen molar-refractivity contribution in [2.24, 2.45) is 0 Å². The van der Waals surface area contributed by atoms with E-state index in [1.807, 2.05) is 0 Å². The van der Waals surface area contributed by atoms with Gasteiger partial charge in [0, 0.05) is 10.7 Å². The van der Waals surface area contributed by atoms with Gasteiger partial charge in [-0.25, -0.2) is 12.8 Å². The van der Waals surface area contributed by atoms with E-state index in [9.17, 15) is 17.6 Å². The van der Waals surface area contributed by atoms with E-state index in [-0.39, 0.29) is 20.6 Å². The molecule has 1 aromatic heterocycles. The Bertz CT molecular complexity index is 782. The van der Waals surface area contributed by atoms with Crippen molar-refractivity contribution in [3.05, 3.63) is 44.4 Å². The summed E-state index contributed by atoms with van der Waals surface area (Å²) in [6.07, 6.45) is 0. The first kappa shape index (κ1) is 14.0. The number of sulfonamides is 1. The summed E-state index contributed by atoms with van der Waals surface area (Å²) in [4.78, 5) is 13.0. The molecular formula is C10H8ClFN2O3S2. The third kappa shape index (κ3) is 2.96. The van der Waals surface area contributed by atoms with Crippen LogP contribution in [0.15, 0.2) is 27.2 Å². The Morgan fingerprint density at radius 1 is 1.42 bits per heavy atom. The van der Waals surface area contributed by atoms with E-state index in [1.165, 1.54) is 19.1 Å². The van der Waals surface area contributed by atoms with Gasteiger partial charge < -0.3 is 4.98 Å². The maximum atomic E-state index is 13.5. The van der Waals surface area contributed by atoms with Gasteiger partial charge in [-0.1, -0.05) is 22.9 Å². The average molecular weight is 323 g/mol. The van der Waals surface area contributed by atoms with E-state index in [1.54, 1.807) is 0 Å². The molecule has 102 valence electrons. The van der Waals surface area contributed by atoms with Crippen molar-refractivity contribution in [3.63, 3.8) is 0 Å². The van der Waals surface area contributed by atoms with Crippen LogP contribution in [-0.2, 0) is 10.0 Å². The van der Waals surface area contributed by atoms with Gasteiger partial charge in [-0.3, -0.25) is 9.52 Å². The summed E-state index contributed by atoms with van der Waals surface area (Å²) >= 11 is 6.11. The van der Waals surface area contributed by atoms with Crippen LogP contribution in [0.25, 0.3) is 0 Å². The fraction of sp³-hybridized carbons (Fsp3) is 0.100. The lowest BCUT2D eigenvalue weighted by Crippen LogP contribution is -2.13. The largest absolute Gasteiger partial charge is 0.315 e. The average Bonchev–Trinajstić information content (AvgIpc) is 2.63. The second-order valence-electron chi connectivity index (χ2n) is 3.66. The van der Waals surface area contributed by atoms with Gasteiger partial charge in [-0.05, 0) is 25.1 Å². The number of aromatic nitrogens is 1. The first-order valence-corrected chi connectivity index (χ1v) is 7.65. The zero-order chi connectivity index (χ0) is 14.2. The third-order valence-corrected chi connectivity index (χ3v) is 5.41. The normalized spacial score (nSPS) is 11.5. The fourth-order valence-electron chi connectivity index (χ4n) is 1.41. The number of aromatic amines is 1. The molecule has 0 bridgehead atoms. The molecule has 0 spiro atoms. The number of benzene rings is 1. The Labute approximate surface area is 117 Å². The lowest BCUT2D eigenvalue weighted by atomic mass is 10.3. The number of hydrogen-bond donors (Lipinski definition) is 2. The van der Waals surface area contributed by atoms with Crippen molar-refractivity contribution < 1.29 is 12.8 Å². The summed E-state index contributed by atoms with van der Waals surface area (Å²) in [5, 5.41) is 0.155. The maximum Gasteiger partial charge on any atom is 0.306 e. The monoisotopic (exact) mass is 322 g/mol. The molecule has 0 aliphatic heterocycles. The molecule has 2 aromatic rings. The zero-order valence-electron chi connectivity index (χ0n) is 9.53. The SMILES string of the molecule is Cc1[nH]c(=O)sc1S(=O)(=O)Nc1ccc(Cl)cc1F. The predicted molar refractivity (Wildman–Crippen MR) is 71.9 cm³/mol. The van der Waals surface area contributed by atoms with Crippen LogP contribution in [0, 0.1) is 12.7 Å². The van der Waals surface area contributed by atoms with Gasteiger partial charge in [0.2, 0.25) is 0 Å². The Kier molecular flexibility index (Phi) is 3.66. The first-order valence-electron chi connectivity index (χ1n) is 4.97. The topological polar surface area (TPSA) is 79.0 Å². The number of halogens is 2. The van der Waals surface area contributed by atoms with Crippen LogP contribution in [0.5, 0.6) is 0 Å². The van der Waals surface area contributed by atoms with Crippen molar-refractivity contribution in [3.8, 4) is 0 Å². The van der Waals surface area contributed by atoms with E-state index >= 15 is 0 Å². The molecular weight excluding hydrogens is 315 g/mol. The number of aryl methyl sites for hydroxylation is 1. The lowest BCUT2D eigenvalue weighted by Gasteiger charge is -2.07. The maximum absolute atomic E-state index is 13.5. The second kappa shape index (κ2) is 4.95. The predicted octanol–water partition coefficient (Wildman–Crippen LogP) is 2.34. The molecule has 0 aliphatic carbocycles. The van der Waals surface area contributed by atoms with Crippen LogP contribution in [0.1, 0.15) is 5.69 Å². The Balaban J connectivity index is 2.42. The molecule has 1 aromatic carbocycles. The minimum Gasteiger partial charge on any atom is -0.315 e. The number of hydrogen-bond acceptors (Lipinski definition) is 4. The molecule has 1 heterocycles. The molecule has 9 heteroatoms. The number of H-pyrrole nitrogens is 1. The van der Waals surface area contributed by atoms with E-state index in [0.29, 0.717) is 11.3 Å². The van der Waals surface area contributed by atoms with Crippen LogP contribution < -0.4 is 9.60 Å². The number of nitrogens with one attached hydrogen (secondary N) is 2. The van der Waals surface area contributed by atoms with Gasteiger partial charge in [0.25, 0.3) is 10.0 Å². The van der Waals surface area contributed by atoms with Crippen LogP contribution in [0.2, 0.25) is 5.02 Å². The first-order chi connectivity index (χ1) is 8.79. The van der Waals surface area contributed by atoms with E-state index < -0.39 is 20.7 Å². The number of anilines is 1. The van der Waals surface area contributed by atoms with Gasteiger partial charge in [0.1, 0.15) is 5.82 Å². The van der Waals surface area contributed by atoms with Crippen molar-refractivity contribution in [2.75, 3.05) is 4.72 Å². The van der Waals surface area contributed by atoms with E-state index in [0.717, 1.165) is 6.07 Å². The van der Waals surface area contributed by atoms with Gasteiger partial charge >= 0.3 is 4.87 Å². The van der Waals surface area contributed by atoms with E-state index in [2.05, 4.69) is 9.71 Å². The van der Waals surface area contributed by atoms with Crippen molar-refractivity contribution in [1.82, 2.24) is 4.98 Å². The molecule has 2 N–H and O–H groups in total. The fourth-order valence-corrected chi connectivity index (χ4v) is 3.94. The molecule has 0 unspecified atom stereocenters. The summed E-state index contributed by atoms with van der Waals surface area (Å²) in [7, 11) is -4.00. The highest BCUT2D eigenvalue weighted by atomic mass is 35.5. The molecule has 0 fully saturated rings. The highest BCUT2D eigenvalue weighted by Gasteiger charge is 2.21. The molecule has 0 radical (unpaired) electrons. The number of rotatable bonds is 3. The quantitative estimate of drug-likeness (QED) is 0.910. The van der Waals surface area contributed by atoms with Crippen LogP contribution >= 0.6 is 22.9 Å². The molecule has 0 aliphatic rings. The lowest BCUT2D eigenvalue weighted by molar-refractivity contribution is 0.599. The van der Waals surface area contributed by atoms with E-state index in [4.69, 9.17) is 11.6 Å². The van der Waals surface area contributed by atoms with Crippen LogP contribution in [0.4, 0.5) is 10.1 Å². The van der Waals surface area contributed by atoms with Gasteiger partial charge in [-0.2, -0.15) is 0 Å². The Hall–Kier alpha value is -1.38. The smallest absolute Gasteiger partial charge is 0.306 e. The Morgan fingerprint density at radius 2 is 2.11 bits per heavy atom. The summed E-state index contributed by atoms with van der Waals surface area (Å²) in [5.41, 5.74) is -0.0264. The molecule has 0 atom stereocenters. The molecule has 19 heavy (non-hydrogen) atoms. The van der Waals surface area contributed by atoms with Crippen molar-refractivity contribution in [1.29, 1.82) is 0 Å². The summed E-state index contributed by atoms with van der Waals surface area (Å²) < 4.78 is 39.5. The molecule has 2 rings (SSSR count). The van der Waals surface area contributed by atoms with Crippen molar-refractivity contribution >= 4 is 38.6 Å². The standard InChI is InChI=1S/C10H8ClFN2O3S2/c1-5-9(18-10(15)13-5)19(16,17)14-8-3-2-6(11)4-7(8)12/h2-4,14H,1H3,(H,13,15). The van der Waals surface area contributed by atoms with Crippen LogP contribution in [-0.4, -0.2) is 13.4 Å².